The van der Waals surface area contributed by atoms with Crippen LogP contribution in [-0.4, -0.2) is 52.1 Å². The minimum absolute atomic E-state index is 0.0597. The molecule has 26 heavy (non-hydrogen) atoms. The number of aromatic nitrogens is 3. The van der Waals surface area contributed by atoms with E-state index in [2.05, 4.69) is 15.4 Å². The van der Waals surface area contributed by atoms with E-state index in [9.17, 15) is 4.79 Å². The molecule has 3 heterocycles. The molecular weight excluding hydrogens is 330 g/mol. The van der Waals surface area contributed by atoms with Crippen LogP contribution in [0.1, 0.15) is 27.7 Å². The first kappa shape index (κ1) is 16.5. The zero-order valence-electron chi connectivity index (χ0n) is 14.8. The molecule has 2 aromatic heterocycles. The summed E-state index contributed by atoms with van der Waals surface area (Å²) in [5.74, 6) is 0.725. The Balaban J connectivity index is 1.74. The van der Waals surface area contributed by atoms with Gasteiger partial charge in [0.1, 0.15) is 11.3 Å². The minimum Gasteiger partial charge on any atom is -0.496 e. The van der Waals surface area contributed by atoms with Crippen LogP contribution in [-0.2, 0) is 0 Å². The van der Waals surface area contributed by atoms with Gasteiger partial charge in [-0.05, 0) is 19.1 Å². The van der Waals surface area contributed by atoms with E-state index in [-0.39, 0.29) is 11.9 Å². The van der Waals surface area contributed by atoms with E-state index >= 15 is 0 Å². The van der Waals surface area contributed by atoms with Crippen LogP contribution in [0.15, 0.2) is 42.7 Å². The van der Waals surface area contributed by atoms with Gasteiger partial charge in [0.2, 0.25) is 0 Å². The number of benzene rings is 1. The Bertz CT molecular complexity index is 952. The highest BCUT2D eigenvalue weighted by molar-refractivity contribution is 6.00. The standard InChI is InChI=1S/C19H21N5O2/c1-13-7-9-24-18(22-13)15(11-21-24)19(25)23-10-8-20-12-16(23)14-5-3-4-6-17(14)26-2/h3-7,9,11,16,20H,8,10,12H2,1-2H3. The number of para-hydroxylation sites is 1. The van der Waals surface area contributed by atoms with Crippen molar-refractivity contribution in [3.05, 3.63) is 59.5 Å². The zero-order valence-corrected chi connectivity index (χ0v) is 14.8. The van der Waals surface area contributed by atoms with Gasteiger partial charge in [0.05, 0.1) is 19.3 Å². The highest BCUT2D eigenvalue weighted by atomic mass is 16.5. The third-order valence-electron chi connectivity index (χ3n) is 4.74. The summed E-state index contributed by atoms with van der Waals surface area (Å²) in [5, 5.41) is 7.65. The van der Waals surface area contributed by atoms with Gasteiger partial charge in [-0.15, -0.1) is 0 Å². The molecule has 3 aromatic rings. The summed E-state index contributed by atoms with van der Waals surface area (Å²) < 4.78 is 7.15. The molecule has 0 radical (unpaired) electrons. The summed E-state index contributed by atoms with van der Waals surface area (Å²) in [6.07, 6.45) is 3.43. The Kier molecular flexibility index (Phi) is 4.30. The fourth-order valence-electron chi connectivity index (χ4n) is 3.43. The van der Waals surface area contributed by atoms with Gasteiger partial charge in [-0.1, -0.05) is 18.2 Å². The topological polar surface area (TPSA) is 71.8 Å². The van der Waals surface area contributed by atoms with Crippen molar-refractivity contribution in [1.29, 1.82) is 0 Å². The Labute approximate surface area is 151 Å². The number of rotatable bonds is 3. The molecule has 1 aliphatic heterocycles. The lowest BCUT2D eigenvalue weighted by molar-refractivity contribution is 0.0633. The molecule has 4 rings (SSSR count). The van der Waals surface area contributed by atoms with Crippen molar-refractivity contribution in [1.82, 2.24) is 24.8 Å². The second-order valence-corrected chi connectivity index (χ2v) is 6.36. The molecule has 1 unspecified atom stereocenters. The number of carbonyl (C=O) groups is 1. The van der Waals surface area contributed by atoms with Gasteiger partial charge in [-0.3, -0.25) is 4.79 Å². The molecule has 1 fully saturated rings. The molecule has 1 N–H and O–H groups in total. The summed E-state index contributed by atoms with van der Waals surface area (Å²) in [6.45, 7) is 3.95. The van der Waals surface area contributed by atoms with E-state index in [0.717, 1.165) is 23.6 Å². The molecule has 1 atom stereocenters. The number of hydrogen-bond acceptors (Lipinski definition) is 5. The number of methoxy groups -OCH3 is 1. The third-order valence-corrected chi connectivity index (χ3v) is 4.74. The molecule has 1 aliphatic rings. The van der Waals surface area contributed by atoms with Gasteiger partial charge in [-0.25, -0.2) is 9.50 Å². The van der Waals surface area contributed by atoms with Crippen LogP contribution in [0.3, 0.4) is 0 Å². The van der Waals surface area contributed by atoms with Gasteiger partial charge in [-0.2, -0.15) is 5.10 Å². The van der Waals surface area contributed by atoms with E-state index in [4.69, 9.17) is 4.74 Å². The first-order valence-corrected chi connectivity index (χ1v) is 8.64. The lowest BCUT2D eigenvalue weighted by Gasteiger charge is -2.36. The van der Waals surface area contributed by atoms with Crippen molar-refractivity contribution >= 4 is 11.6 Å². The van der Waals surface area contributed by atoms with Crippen molar-refractivity contribution in [3.8, 4) is 5.75 Å². The van der Waals surface area contributed by atoms with Crippen molar-refractivity contribution < 1.29 is 9.53 Å². The summed E-state index contributed by atoms with van der Waals surface area (Å²) >= 11 is 0. The molecule has 0 aliphatic carbocycles. The summed E-state index contributed by atoms with van der Waals surface area (Å²) in [5.41, 5.74) is 2.97. The first-order chi connectivity index (χ1) is 12.7. The highest BCUT2D eigenvalue weighted by Gasteiger charge is 2.32. The Morgan fingerprint density at radius 1 is 1.31 bits per heavy atom. The van der Waals surface area contributed by atoms with E-state index < -0.39 is 0 Å². The van der Waals surface area contributed by atoms with Crippen LogP contribution in [0, 0.1) is 6.92 Å². The molecule has 1 aromatic carbocycles. The normalized spacial score (nSPS) is 17.5. The molecule has 1 saturated heterocycles. The van der Waals surface area contributed by atoms with E-state index in [1.54, 1.807) is 17.8 Å². The molecule has 0 saturated carbocycles. The van der Waals surface area contributed by atoms with Crippen molar-refractivity contribution in [2.75, 3.05) is 26.7 Å². The first-order valence-electron chi connectivity index (χ1n) is 8.64. The lowest BCUT2D eigenvalue weighted by atomic mass is 10.0. The Hall–Kier alpha value is -2.93. The maximum Gasteiger partial charge on any atom is 0.259 e. The number of aryl methyl sites for hydroxylation is 1. The largest absolute Gasteiger partial charge is 0.496 e. The number of piperazine rings is 1. The maximum absolute atomic E-state index is 13.3. The van der Waals surface area contributed by atoms with Crippen LogP contribution in [0.2, 0.25) is 0 Å². The van der Waals surface area contributed by atoms with Crippen molar-refractivity contribution in [3.63, 3.8) is 0 Å². The van der Waals surface area contributed by atoms with Crippen LogP contribution >= 0.6 is 0 Å². The third kappa shape index (κ3) is 2.80. The van der Waals surface area contributed by atoms with Gasteiger partial charge in [0.25, 0.3) is 5.91 Å². The van der Waals surface area contributed by atoms with Crippen LogP contribution in [0.25, 0.3) is 5.65 Å². The van der Waals surface area contributed by atoms with Crippen LogP contribution in [0.4, 0.5) is 0 Å². The molecule has 1 amide bonds. The smallest absolute Gasteiger partial charge is 0.259 e. The van der Waals surface area contributed by atoms with Crippen molar-refractivity contribution in [2.45, 2.75) is 13.0 Å². The predicted octanol–water partition coefficient (Wildman–Crippen LogP) is 1.83. The van der Waals surface area contributed by atoms with Crippen molar-refractivity contribution in [2.24, 2.45) is 0 Å². The number of nitrogens with zero attached hydrogens (tertiary/aromatic N) is 4. The SMILES string of the molecule is COc1ccccc1C1CNCCN1C(=O)c1cnn2ccc(C)nc12. The fraction of sp³-hybridized carbons (Fsp3) is 0.316. The quantitative estimate of drug-likeness (QED) is 0.779. The van der Waals surface area contributed by atoms with Gasteiger partial charge < -0.3 is 15.0 Å². The van der Waals surface area contributed by atoms with Crippen LogP contribution in [0.5, 0.6) is 5.75 Å². The van der Waals surface area contributed by atoms with Gasteiger partial charge in [0.15, 0.2) is 5.65 Å². The van der Waals surface area contributed by atoms with Gasteiger partial charge in [0, 0.05) is 37.1 Å². The summed E-state index contributed by atoms with van der Waals surface area (Å²) in [6, 6.07) is 9.60. The average molecular weight is 351 g/mol. The van der Waals surface area contributed by atoms with E-state index in [1.165, 1.54) is 0 Å². The second kappa shape index (κ2) is 6.76. The lowest BCUT2D eigenvalue weighted by Crippen LogP contribution is -2.48. The molecule has 7 heteroatoms. The minimum atomic E-state index is -0.104. The molecule has 134 valence electrons. The Morgan fingerprint density at radius 3 is 3.00 bits per heavy atom. The summed E-state index contributed by atoms with van der Waals surface area (Å²) in [7, 11) is 1.65. The van der Waals surface area contributed by atoms with Crippen LogP contribution < -0.4 is 10.1 Å². The predicted molar refractivity (Wildman–Crippen MR) is 97.4 cm³/mol. The monoisotopic (exact) mass is 351 g/mol. The molecule has 7 nitrogen and oxygen atoms in total. The number of amides is 1. The van der Waals surface area contributed by atoms with E-state index in [1.807, 2.05) is 48.4 Å². The zero-order chi connectivity index (χ0) is 18.1. The highest BCUT2D eigenvalue weighted by Crippen LogP contribution is 2.31. The molecular formula is C19H21N5O2. The number of nitrogens with one attached hydrogen (secondary N) is 1. The average Bonchev–Trinajstić information content (AvgIpc) is 3.10. The number of ether oxygens (including phenoxy) is 1. The fourth-order valence-corrected chi connectivity index (χ4v) is 3.43. The number of carbonyl (C=O) groups excluding carboxylic acids is 1. The maximum atomic E-state index is 13.3. The number of fused-ring (bicyclic) bond motifs is 1. The van der Waals surface area contributed by atoms with Gasteiger partial charge >= 0.3 is 0 Å². The molecule has 0 spiro atoms. The summed E-state index contributed by atoms with van der Waals surface area (Å²) in [4.78, 5) is 19.7. The molecule has 0 bridgehead atoms. The van der Waals surface area contributed by atoms with E-state index in [0.29, 0.717) is 24.3 Å². The Morgan fingerprint density at radius 2 is 2.15 bits per heavy atom. The second-order valence-electron chi connectivity index (χ2n) is 6.36. The number of hydrogen-bond donors (Lipinski definition) is 1.